The van der Waals surface area contributed by atoms with E-state index in [0.29, 0.717) is 11.2 Å². The fourth-order valence-corrected chi connectivity index (χ4v) is 5.13. The number of aryl methyl sites for hydroxylation is 1. The lowest BCUT2D eigenvalue weighted by molar-refractivity contribution is 0.128. The molecular formula is C19H31NO. The van der Waals surface area contributed by atoms with Crippen LogP contribution in [-0.4, -0.2) is 5.11 Å². The summed E-state index contributed by atoms with van der Waals surface area (Å²) in [5.74, 6) is 2.10. The van der Waals surface area contributed by atoms with E-state index in [2.05, 4.69) is 26.0 Å². The molecule has 118 valence electrons. The maximum absolute atomic E-state index is 9.99. The lowest BCUT2D eigenvalue weighted by Crippen LogP contribution is -2.40. The van der Waals surface area contributed by atoms with Crippen LogP contribution >= 0.6 is 0 Å². The molecule has 2 heteroatoms. The van der Waals surface area contributed by atoms with E-state index in [-0.39, 0.29) is 6.15 Å². The molecule has 0 aromatic heterocycles. The molecule has 2 aliphatic carbocycles. The van der Waals surface area contributed by atoms with Crippen LogP contribution in [0.3, 0.4) is 0 Å². The van der Waals surface area contributed by atoms with Crippen molar-refractivity contribution in [2.24, 2.45) is 11.8 Å². The quantitative estimate of drug-likeness (QED) is 0.717. The van der Waals surface area contributed by atoms with Crippen molar-refractivity contribution in [1.29, 1.82) is 0 Å². The maximum Gasteiger partial charge on any atom is 0.115 e. The summed E-state index contributed by atoms with van der Waals surface area (Å²) in [5, 5.41) is 9.99. The third-order valence-electron chi connectivity index (χ3n) is 6.07. The summed E-state index contributed by atoms with van der Waals surface area (Å²) in [6, 6.07) is 6.03. The zero-order valence-electron chi connectivity index (χ0n) is 13.7. The summed E-state index contributed by atoms with van der Waals surface area (Å²) in [6.07, 6.45) is 10.9. The van der Waals surface area contributed by atoms with Crippen LogP contribution in [0.1, 0.15) is 69.4 Å². The molecule has 0 radical (unpaired) electrons. The first-order valence-corrected chi connectivity index (χ1v) is 8.43. The minimum atomic E-state index is 0. The zero-order chi connectivity index (χ0) is 14.2. The molecule has 0 saturated heterocycles. The van der Waals surface area contributed by atoms with Crippen LogP contribution in [0.2, 0.25) is 0 Å². The molecule has 0 bridgehead atoms. The molecule has 4 N–H and O–H groups in total. The number of hydrogen-bond donors (Lipinski definition) is 2. The van der Waals surface area contributed by atoms with Crippen molar-refractivity contribution >= 4 is 0 Å². The molecule has 21 heavy (non-hydrogen) atoms. The predicted octanol–water partition coefficient (Wildman–Crippen LogP) is 5.50. The number of hydrogen-bond acceptors (Lipinski definition) is 2. The number of phenols is 1. The average molecular weight is 289 g/mol. The van der Waals surface area contributed by atoms with E-state index in [1.54, 1.807) is 0 Å². The summed E-state index contributed by atoms with van der Waals surface area (Å²) in [7, 11) is 0. The second-order valence-corrected chi connectivity index (χ2v) is 7.23. The van der Waals surface area contributed by atoms with Crippen molar-refractivity contribution in [2.45, 2.75) is 70.6 Å². The Balaban J connectivity index is 0.00000161. The first-order valence-electron chi connectivity index (χ1n) is 8.43. The summed E-state index contributed by atoms with van der Waals surface area (Å²) in [5.41, 5.74) is 3.18. The standard InChI is InChI=1S/C19H28O.H3N/c1-14-7-3-5-11-19(12-6-4-8-17(14)19)18-13-16(20)10-9-15(18)2;/h9-10,13-14,17,20H,3-8,11-12H2,1-2H3;1H3. The molecule has 2 saturated carbocycles. The number of fused-ring (bicyclic) bond motifs is 1. The summed E-state index contributed by atoms with van der Waals surface area (Å²) >= 11 is 0. The van der Waals surface area contributed by atoms with E-state index in [1.165, 1.54) is 62.5 Å². The van der Waals surface area contributed by atoms with Gasteiger partial charge in [-0.15, -0.1) is 0 Å². The minimum Gasteiger partial charge on any atom is -0.508 e. The van der Waals surface area contributed by atoms with E-state index in [9.17, 15) is 5.11 Å². The number of aromatic hydroxyl groups is 1. The number of rotatable bonds is 1. The third kappa shape index (κ3) is 2.83. The topological polar surface area (TPSA) is 55.2 Å². The average Bonchev–Trinajstić information content (AvgIpc) is 2.62. The largest absolute Gasteiger partial charge is 0.508 e. The van der Waals surface area contributed by atoms with Gasteiger partial charge in [0.15, 0.2) is 0 Å². The molecule has 1 aromatic rings. The van der Waals surface area contributed by atoms with Gasteiger partial charge >= 0.3 is 0 Å². The van der Waals surface area contributed by atoms with E-state index in [0.717, 1.165) is 11.8 Å². The van der Waals surface area contributed by atoms with Gasteiger partial charge in [0.25, 0.3) is 0 Å². The fourth-order valence-electron chi connectivity index (χ4n) is 5.13. The zero-order valence-corrected chi connectivity index (χ0v) is 13.7. The summed E-state index contributed by atoms with van der Waals surface area (Å²) in [4.78, 5) is 0. The van der Waals surface area contributed by atoms with E-state index in [1.807, 2.05) is 6.07 Å². The Morgan fingerprint density at radius 1 is 1.05 bits per heavy atom. The van der Waals surface area contributed by atoms with Crippen LogP contribution in [-0.2, 0) is 5.41 Å². The van der Waals surface area contributed by atoms with Crippen molar-refractivity contribution in [1.82, 2.24) is 6.15 Å². The highest BCUT2D eigenvalue weighted by Crippen LogP contribution is 2.54. The van der Waals surface area contributed by atoms with Gasteiger partial charge in [-0.2, -0.15) is 0 Å². The van der Waals surface area contributed by atoms with Crippen molar-refractivity contribution in [2.75, 3.05) is 0 Å². The molecule has 3 atom stereocenters. The second kappa shape index (κ2) is 6.39. The molecule has 0 amide bonds. The number of phenolic OH excluding ortho intramolecular Hbond substituents is 1. The molecule has 3 unspecified atom stereocenters. The van der Waals surface area contributed by atoms with Gasteiger partial charge in [-0.3, -0.25) is 0 Å². The Labute approximate surface area is 129 Å². The van der Waals surface area contributed by atoms with Crippen molar-refractivity contribution in [3.05, 3.63) is 29.3 Å². The van der Waals surface area contributed by atoms with Crippen LogP contribution in [0, 0.1) is 18.8 Å². The van der Waals surface area contributed by atoms with E-state index < -0.39 is 0 Å². The molecule has 3 rings (SSSR count). The molecule has 0 aliphatic heterocycles. The molecule has 1 aromatic carbocycles. The van der Waals surface area contributed by atoms with Gasteiger partial charge < -0.3 is 11.3 Å². The maximum atomic E-state index is 9.99. The smallest absolute Gasteiger partial charge is 0.115 e. The van der Waals surface area contributed by atoms with Crippen LogP contribution in [0.4, 0.5) is 0 Å². The van der Waals surface area contributed by atoms with E-state index in [4.69, 9.17) is 0 Å². The SMILES string of the molecule is Cc1ccc(O)cc1C12CCCCC(C)C1CCCC2.N. The molecule has 2 aliphatic rings. The van der Waals surface area contributed by atoms with Gasteiger partial charge in [0, 0.05) is 0 Å². The fraction of sp³-hybridized carbons (Fsp3) is 0.684. The monoisotopic (exact) mass is 289 g/mol. The Kier molecular flexibility index (Phi) is 4.98. The lowest BCUT2D eigenvalue weighted by Gasteiger charge is -2.47. The van der Waals surface area contributed by atoms with Gasteiger partial charge in [0.2, 0.25) is 0 Å². The highest BCUT2D eigenvalue weighted by atomic mass is 16.3. The predicted molar refractivity (Wildman–Crippen MR) is 89.1 cm³/mol. The van der Waals surface area contributed by atoms with Crippen molar-refractivity contribution in [3.63, 3.8) is 0 Å². The highest BCUT2D eigenvalue weighted by molar-refractivity contribution is 5.40. The lowest BCUT2D eigenvalue weighted by atomic mass is 9.57. The first-order chi connectivity index (χ1) is 9.63. The first kappa shape index (κ1) is 16.4. The van der Waals surface area contributed by atoms with Crippen molar-refractivity contribution in [3.8, 4) is 5.75 Å². The van der Waals surface area contributed by atoms with E-state index >= 15 is 0 Å². The van der Waals surface area contributed by atoms with Gasteiger partial charge in [-0.05, 0) is 66.7 Å². The van der Waals surface area contributed by atoms with Crippen molar-refractivity contribution < 1.29 is 5.11 Å². The summed E-state index contributed by atoms with van der Waals surface area (Å²) < 4.78 is 0. The summed E-state index contributed by atoms with van der Waals surface area (Å²) in [6.45, 7) is 4.69. The number of benzene rings is 1. The van der Waals surface area contributed by atoms with Crippen LogP contribution in [0.25, 0.3) is 0 Å². The second-order valence-electron chi connectivity index (χ2n) is 7.23. The van der Waals surface area contributed by atoms with Gasteiger partial charge in [-0.1, -0.05) is 45.1 Å². The normalized spacial score (nSPS) is 32.7. The minimum absolute atomic E-state index is 0. The molecular weight excluding hydrogens is 258 g/mol. The Morgan fingerprint density at radius 3 is 2.43 bits per heavy atom. The van der Waals surface area contributed by atoms with Crippen LogP contribution in [0.15, 0.2) is 18.2 Å². The molecule has 0 heterocycles. The van der Waals surface area contributed by atoms with Crippen LogP contribution in [0.5, 0.6) is 5.75 Å². The van der Waals surface area contributed by atoms with Gasteiger partial charge in [0.1, 0.15) is 5.75 Å². The van der Waals surface area contributed by atoms with Crippen LogP contribution < -0.4 is 6.15 Å². The highest BCUT2D eigenvalue weighted by Gasteiger charge is 2.45. The Morgan fingerprint density at radius 2 is 1.71 bits per heavy atom. The Bertz CT molecular complexity index is 484. The molecule has 0 spiro atoms. The Hall–Kier alpha value is -1.02. The van der Waals surface area contributed by atoms with Gasteiger partial charge in [-0.25, -0.2) is 0 Å². The molecule has 2 fully saturated rings. The van der Waals surface area contributed by atoms with Gasteiger partial charge in [0.05, 0.1) is 0 Å². The molecule has 2 nitrogen and oxygen atoms in total. The third-order valence-corrected chi connectivity index (χ3v) is 6.07.